The fourth-order valence-corrected chi connectivity index (χ4v) is 1.96. The van der Waals surface area contributed by atoms with Gasteiger partial charge in [0.15, 0.2) is 0 Å². The number of primary sulfonamides is 1. The van der Waals surface area contributed by atoms with Crippen LogP contribution in [0.5, 0.6) is 11.6 Å². The number of hydrogen-bond acceptors (Lipinski definition) is 4. The second kappa shape index (κ2) is 5.34. The second-order valence-corrected chi connectivity index (χ2v) is 5.53. The Kier molecular flexibility index (Phi) is 3.88. The maximum Gasteiger partial charge on any atom is 0.419 e. The highest BCUT2D eigenvalue weighted by Gasteiger charge is 2.34. The molecule has 0 saturated heterocycles. The molecule has 0 spiro atoms. The maximum absolute atomic E-state index is 12.8. The topological polar surface area (TPSA) is 82.3 Å². The van der Waals surface area contributed by atoms with Crippen LogP contribution in [0.25, 0.3) is 0 Å². The Morgan fingerprint density at radius 1 is 1.10 bits per heavy atom. The van der Waals surface area contributed by atoms with E-state index in [1.807, 2.05) is 0 Å². The average molecular weight is 318 g/mol. The minimum Gasteiger partial charge on any atom is -0.438 e. The first kappa shape index (κ1) is 15.3. The normalized spacial score (nSPS) is 12.2. The molecular weight excluding hydrogens is 309 g/mol. The second-order valence-electron chi connectivity index (χ2n) is 3.97. The molecule has 9 heteroatoms. The van der Waals surface area contributed by atoms with Crippen molar-refractivity contribution in [3.63, 3.8) is 0 Å². The smallest absolute Gasteiger partial charge is 0.419 e. The fourth-order valence-electron chi connectivity index (χ4n) is 1.50. The van der Waals surface area contributed by atoms with E-state index < -0.39 is 27.5 Å². The van der Waals surface area contributed by atoms with Gasteiger partial charge in [-0.2, -0.15) is 13.2 Å². The number of nitrogens with zero attached hydrogens (tertiary/aromatic N) is 1. The Balaban J connectivity index is 2.31. The average Bonchev–Trinajstić information content (AvgIpc) is 2.37. The molecule has 21 heavy (non-hydrogen) atoms. The first-order valence-corrected chi connectivity index (χ1v) is 7.05. The van der Waals surface area contributed by atoms with Gasteiger partial charge in [-0.3, -0.25) is 0 Å². The monoisotopic (exact) mass is 318 g/mol. The minimum absolute atomic E-state index is 0.181. The lowest BCUT2D eigenvalue weighted by Gasteiger charge is -2.12. The van der Waals surface area contributed by atoms with Crippen LogP contribution in [0.15, 0.2) is 47.5 Å². The number of para-hydroxylation sites is 1. The highest BCUT2D eigenvalue weighted by molar-refractivity contribution is 7.89. The van der Waals surface area contributed by atoms with E-state index in [4.69, 9.17) is 9.88 Å². The first-order valence-electron chi connectivity index (χ1n) is 5.51. The van der Waals surface area contributed by atoms with E-state index in [1.54, 1.807) is 0 Å². The number of nitrogens with two attached hydrogens (primary N) is 1. The van der Waals surface area contributed by atoms with Gasteiger partial charge < -0.3 is 4.74 Å². The lowest BCUT2D eigenvalue weighted by Crippen LogP contribution is -2.12. The fraction of sp³-hybridized carbons (Fsp3) is 0.0833. The Morgan fingerprint density at radius 3 is 2.29 bits per heavy atom. The van der Waals surface area contributed by atoms with Gasteiger partial charge in [-0.05, 0) is 18.2 Å². The molecule has 1 aromatic carbocycles. The van der Waals surface area contributed by atoms with Crippen LogP contribution < -0.4 is 9.88 Å². The van der Waals surface area contributed by atoms with Crippen LogP contribution >= 0.6 is 0 Å². The molecule has 0 atom stereocenters. The van der Waals surface area contributed by atoms with E-state index in [-0.39, 0.29) is 10.8 Å². The zero-order valence-corrected chi connectivity index (χ0v) is 11.1. The van der Waals surface area contributed by atoms with Crippen molar-refractivity contribution in [2.24, 2.45) is 5.14 Å². The summed E-state index contributed by atoms with van der Waals surface area (Å²) in [5.74, 6) is -0.611. The van der Waals surface area contributed by atoms with Crippen LogP contribution in [-0.2, 0) is 16.2 Å². The van der Waals surface area contributed by atoms with Gasteiger partial charge in [0.25, 0.3) is 0 Å². The standard InChI is InChI=1S/C12H9F3N2O3S/c13-12(14,15)9-3-1-2-4-10(9)20-11-6-5-8(7-17-11)21(16,18)19/h1-7H,(H2,16,18,19). The summed E-state index contributed by atoms with van der Waals surface area (Å²) in [5, 5.41) is 4.88. The zero-order valence-electron chi connectivity index (χ0n) is 10.3. The summed E-state index contributed by atoms with van der Waals surface area (Å²) in [6.45, 7) is 0. The molecule has 0 bridgehead atoms. The zero-order chi connectivity index (χ0) is 15.7. The lowest BCUT2D eigenvalue weighted by molar-refractivity contribution is -0.138. The number of sulfonamides is 1. The van der Waals surface area contributed by atoms with Gasteiger partial charge in [0.2, 0.25) is 15.9 Å². The SMILES string of the molecule is NS(=O)(=O)c1ccc(Oc2ccccc2C(F)(F)F)nc1. The van der Waals surface area contributed by atoms with Gasteiger partial charge >= 0.3 is 6.18 Å². The molecule has 2 rings (SSSR count). The summed E-state index contributed by atoms with van der Waals surface area (Å²) in [7, 11) is -3.92. The van der Waals surface area contributed by atoms with Gasteiger partial charge in [-0.15, -0.1) is 0 Å². The molecule has 0 aliphatic rings. The minimum atomic E-state index is -4.57. The molecule has 0 amide bonds. The molecule has 2 aromatic rings. The van der Waals surface area contributed by atoms with E-state index in [2.05, 4.69) is 4.98 Å². The van der Waals surface area contributed by atoms with Gasteiger partial charge in [-0.1, -0.05) is 12.1 Å². The van der Waals surface area contributed by atoms with Crippen LogP contribution in [0.4, 0.5) is 13.2 Å². The molecule has 0 unspecified atom stereocenters. The van der Waals surface area contributed by atoms with Crippen LogP contribution in [0.2, 0.25) is 0 Å². The lowest BCUT2D eigenvalue weighted by atomic mass is 10.2. The number of alkyl halides is 3. The number of benzene rings is 1. The van der Waals surface area contributed by atoms with Crippen molar-refractivity contribution in [2.45, 2.75) is 11.1 Å². The van der Waals surface area contributed by atoms with Crippen molar-refractivity contribution >= 4 is 10.0 Å². The van der Waals surface area contributed by atoms with Gasteiger partial charge in [0, 0.05) is 6.07 Å². The third kappa shape index (κ3) is 3.70. The van der Waals surface area contributed by atoms with Crippen LogP contribution in [-0.4, -0.2) is 13.4 Å². The van der Waals surface area contributed by atoms with Crippen LogP contribution in [0, 0.1) is 0 Å². The Hall–Kier alpha value is -2.13. The Bertz CT molecular complexity index is 743. The Labute approximate surface area is 118 Å². The summed E-state index contributed by atoms with van der Waals surface area (Å²) < 4.78 is 65.4. The highest BCUT2D eigenvalue weighted by Crippen LogP contribution is 2.37. The first-order chi connectivity index (χ1) is 9.68. The van der Waals surface area contributed by atoms with E-state index in [0.29, 0.717) is 0 Å². The maximum atomic E-state index is 12.8. The largest absolute Gasteiger partial charge is 0.438 e. The number of rotatable bonds is 3. The molecule has 0 aliphatic carbocycles. The van der Waals surface area contributed by atoms with Crippen molar-refractivity contribution in [2.75, 3.05) is 0 Å². The van der Waals surface area contributed by atoms with Crippen molar-refractivity contribution in [3.8, 4) is 11.6 Å². The van der Waals surface area contributed by atoms with Crippen molar-refractivity contribution in [1.29, 1.82) is 0 Å². The number of aromatic nitrogens is 1. The summed E-state index contributed by atoms with van der Waals surface area (Å²) in [6.07, 6.45) is -3.67. The predicted octanol–water partition coefficient (Wildman–Crippen LogP) is 2.54. The number of halogens is 3. The summed E-state index contributed by atoms with van der Waals surface area (Å²) >= 11 is 0. The number of pyridine rings is 1. The predicted molar refractivity (Wildman–Crippen MR) is 67.1 cm³/mol. The van der Waals surface area contributed by atoms with Gasteiger partial charge in [0.05, 0.1) is 11.8 Å². The van der Waals surface area contributed by atoms with Crippen molar-refractivity contribution < 1.29 is 26.3 Å². The summed E-state index contributed by atoms with van der Waals surface area (Å²) in [4.78, 5) is 3.35. The highest BCUT2D eigenvalue weighted by atomic mass is 32.2. The molecule has 0 saturated carbocycles. The van der Waals surface area contributed by atoms with E-state index >= 15 is 0 Å². The van der Waals surface area contributed by atoms with Crippen LogP contribution in [0.1, 0.15) is 5.56 Å². The molecule has 2 N–H and O–H groups in total. The van der Waals surface area contributed by atoms with Crippen LogP contribution in [0.3, 0.4) is 0 Å². The number of ether oxygens (including phenoxy) is 1. The molecule has 1 heterocycles. The molecule has 112 valence electrons. The third-order valence-electron chi connectivity index (χ3n) is 2.44. The van der Waals surface area contributed by atoms with E-state index in [0.717, 1.165) is 30.5 Å². The Morgan fingerprint density at radius 2 is 1.76 bits per heavy atom. The van der Waals surface area contributed by atoms with Crippen molar-refractivity contribution in [3.05, 3.63) is 48.2 Å². The molecule has 1 aromatic heterocycles. The summed E-state index contributed by atoms with van der Waals surface area (Å²) in [6, 6.07) is 6.82. The number of hydrogen-bond donors (Lipinski definition) is 1. The molecule has 0 fully saturated rings. The van der Waals surface area contributed by atoms with E-state index in [9.17, 15) is 21.6 Å². The quantitative estimate of drug-likeness (QED) is 0.943. The molecule has 0 radical (unpaired) electrons. The van der Waals surface area contributed by atoms with Gasteiger partial charge in [-0.25, -0.2) is 18.5 Å². The third-order valence-corrected chi connectivity index (χ3v) is 3.34. The molecule has 5 nitrogen and oxygen atoms in total. The molecular formula is C12H9F3N2O3S. The van der Waals surface area contributed by atoms with E-state index in [1.165, 1.54) is 12.1 Å². The molecule has 0 aliphatic heterocycles. The van der Waals surface area contributed by atoms with Crippen molar-refractivity contribution in [1.82, 2.24) is 4.98 Å². The van der Waals surface area contributed by atoms with Gasteiger partial charge in [0.1, 0.15) is 10.6 Å². The summed E-state index contributed by atoms with van der Waals surface area (Å²) in [5.41, 5.74) is -0.956.